The van der Waals surface area contributed by atoms with E-state index in [-0.39, 0.29) is 11.2 Å². The van der Waals surface area contributed by atoms with E-state index in [1.54, 1.807) is 25.6 Å². The number of hydrogen-bond acceptors (Lipinski definition) is 4. The van der Waals surface area contributed by atoms with Gasteiger partial charge in [0.15, 0.2) is 11.2 Å². The molecule has 27 heavy (non-hydrogen) atoms. The van der Waals surface area contributed by atoms with Gasteiger partial charge in [-0.05, 0) is 53.5 Å². The van der Waals surface area contributed by atoms with Gasteiger partial charge in [-0.25, -0.2) is 9.78 Å². The number of fused-ring (bicyclic) bond motifs is 1. The van der Waals surface area contributed by atoms with Gasteiger partial charge in [-0.2, -0.15) is 0 Å². The minimum absolute atomic E-state index is 0.316. The second-order valence-electron chi connectivity index (χ2n) is 6.00. The van der Waals surface area contributed by atoms with Crippen molar-refractivity contribution < 1.29 is 4.74 Å². The van der Waals surface area contributed by atoms with Gasteiger partial charge in [0.25, 0.3) is 5.56 Å². The van der Waals surface area contributed by atoms with Gasteiger partial charge < -0.3 is 9.30 Å². The summed E-state index contributed by atoms with van der Waals surface area (Å²) in [7, 11) is 3.40. The first-order valence-corrected chi connectivity index (χ1v) is 9.43. The molecule has 0 N–H and O–H groups in total. The molecule has 0 aliphatic heterocycles. The molecule has 0 fully saturated rings. The summed E-state index contributed by atoms with van der Waals surface area (Å²) < 4.78 is 10.6. The number of imidazole rings is 1. The Kier molecular flexibility index (Phi) is 5.36. The van der Waals surface area contributed by atoms with Crippen LogP contribution < -0.4 is 16.0 Å². The van der Waals surface area contributed by atoms with E-state index in [1.807, 2.05) is 37.3 Å². The van der Waals surface area contributed by atoms with Gasteiger partial charge in [0.2, 0.25) is 0 Å². The van der Waals surface area contributed by atoms with Crippen LogP contribution in [0.4, 0.5) is 0 Å². The Morgan fingerprint density at radius 2 is 1.85 bits per heavy atom. The summed E-state index contributed by atoms with van der Waals surface area (Å²) in [5.41, 5.74) is 1.15. The lowest BCUT2D eigenvalue weighted by Crippen LogP contribution is -2.39. The number of hydrogen-bond donors (Lipinski definition) is 0. The molecule has 8 heteroatoms. The maximum atomic E-state index is 12.7. The molecule has 0 saturated carbocycles. The molecule has 142 valence electrons. The molecular formula is C19H21BrN4O3. The number of methoxy groups -OCH3 is 1. The molecule has 2 aromatic heterocycles. The highest BCUT2D eigenvalue weighted by molar-refractivity contribution is 9.10. The monoisotopic (exact) mass is 432 g/mol. The molecule has 3 rings (SSSR count). The minimum Gasteiger partial charge on any atom is -0.496 e. The zero-order valence-corrected chi connectivity index (χ0v) is 17.3. The van der Waals surface area contributed by atoms with E-state index in [0.717, 1.165) is 15.8 Å². The molecule has 0 radical (unpaired) electrons. The smallest absolute Gasteiger partial charge is 0.332 e. The molecule has 3 aromatic rings. The van der Waals surface area contributed by atoms with Crippen molar-refractivity contribution in [2.24, 2.45) is 7.05 Å². The summed E-state index contributed by atoms with van der Waals surface area (Å²) in [5, 5.41) is 0. The maximum Gasteiger partial charge on any atom is 0.332 e. The summed E-state index contributed by atoms with van der Waals surface area (Å²) in [4.78, 5) is 29.8. The summed E-state index contributed by atoms with van der Waals surface area (Å²) in [6.07, 6.45) is 3.73. The fourth-order valence-electron chi connectivity index (χ4n) is 3.05. The first kappa shape index (κ1) is 19.2. The van der Waals surface area contributed by atoms with Crippen molar-refractivity contribution in [2.75, 3.05) is 7.11 Å². The van der Waals surface area contributed by atoms with Gasteiger partial charge in [-0.15, -0.1) is 0 Å². The summed E-state index contributed by atoms with van der Waals surface area (Å²) in [6, 6.07) is 5.73. The first-order chi connectivity index (χ1) is 12.9. The SMILES string of the molecule is CCn1c(=O)c2c(nc(C=Cc3ccc(OC)c(Br)c3)n2C)n(CC)c1=O. The Hall–Kier alpha value is -2.61. The van der Waals surface area contributed by atoms with Crippen molar-refractivity contribution in [3.05, 3.63) is 54.9 Å². The number of benzene rings is 1. The second-order valence-corrected chi connectivity index (χ2v) is 6.86. The van der Waals surface area contributed by atoms with Gasteiger partial charge in [0.1, 0.15) is 11.6 Å². The molecule has 2 heterocycles. The van der Waals surface area contributed by atoms with Crippen LogP contribution in [0.2, 0.25) is 0 Å². The van der Waals surface area contributed by atoms with E-state index >= 15 is 0 Å². The van der Waals surface area contributed by atoms with Crippen molar-refractivity contribution in [3.8, 4) is 5.75 Å². The topological polar surface area (TPSA) is 71.1 Å². The van der Waals surface area contributed by atoms with E-state index in [4.69, 9.17) is 4.74 Å². The molecule has 0 aliphatic carbocycles. The lowest BCUT2D eigenvalue weighted by Gasteiger charge is -2.08. The molecule has 0 aliphatic rings. The quantitative estimate of drug-likeness (QED) is 0.621. The normalized spacial score (nSPS) is 11.6. The van der Waals surface area contributed by atoms with E-state index < -0.39 is 0 Å². The largest absolute Gasteiger partial charge is 0.496 e. The number of aryl methyl sites for hydroxylation is 2. The van der Waals surface area contributed by atoms with Crippen molar-refractivity contribution in [1.82, 2.24) is 18.7 Å². The molecule has 0 spiro atoms. The molecule has 7 nitrogen and oxygen atoms in total. The number of halogens is 1. The number of nitrogens with zero attached hydrogens (tertiary/aromatic N) is 4. The van der Waals surface area contributed by atoms with Crippen LogP contribution in [0.1, 0.15) is 25.2 Å². The predicted octanol–water partition coefficient (Wildman–Crippen LogP) is 2.88. The Morgan fingerprint density at radius 3 is 2.44 bits per heavy atom. The molecule has 0 amide bonds. The average Bonchev–Trinajstić information content (AvgIpc) is 2.97. The molecule has 0 unspecified atom stereocenters. The molecular weight excluding hydrogens is 412 g/mol. The fourth-order valence-corrected chi connectivity index (χ4v) is 3.61. The first-order valence-electron chi connectivity index (χ1n) is 8.64. The van der Waals surface area contributed by atoms with E-state index in [2.05, 4.69) is 20.9 Å². The van der Waals surface area contributed by atoms with E-state index in [1.165, 1.54) is 9.13 Å². The lowest BCUT2D eigenvalue weighted by molar-refractivity contribution is 0.412. The van der Waals surface area contributed by atoms with Crippen LogP contribution in [0.5, 0.6) is 5.75 Å². The van der Waals surface area contributed by atoms with Crippen LogP contribution in [0, 0.1) is 0 Å². The Morgan fingerprint density at radius 1 is 1.15 bits per heavy atom. The highest BCUT2D eigenvalue weighted by Crippen LogP contribution is 2.26. The number of aromatic nitrogens is 4. The van der Waals surface area contributed by atoms with Gasteiger partial charge in [-0.1, -0.05) is 12.1 Å². The lowest BCUT2D eigenvalue weighted by atomic mass is 10.2. The van der Waals surface area contributed by atoms with E-state index in [0.29, 0.717) is 30.1 Å². The zero-order chi connectivity index (χ0) is 19.7. The van der Waals surface area contributed by atoms with Crippen molar-refractivity contribution in [3.63, 3.8) is 0 Å². The fraction of sp³-hybridized carbons (Fsp3) is 0.316. The van der Waals surface area contributed by atoms with Crippen LogP contribution in [-0.4, -0.2) is 25.8 Å². The number of rotatable bonds is 5. The minimum atomic E-state index is -0.329. The Balaban J connectivity index is 2.15. The summed E-state index contributed by atoms with van der Waals surface area (Å²) >= 11 is 3.47. The van der Waals surface area contributed by atoms with Crippen LogP contribution >= 0.6 is 15.9 Å². The van der Waals surface area contributed by atoms with Crippen molar-refractivity contribution >= 4 is 39.2 Å². The van der Waals surface area contributed by atoms with Crippen LogP contribution in [0.15, 0.2) is 32.3 Å². The highest BCUT2D eigenvalue weighted by Gasteiger charge is 2.17. The average molecular weight is 433 g/mol. The van der Waals surface area contributed by atoms with E-state index in [9.17, 15) is 9.59 Å². The highest BCUT2D eigenvalue weighted by atomic mass is 79.9. The summed E-state index contributed by atoms with van der Waals surface area (Å²) in [6.45, 7) is 4.42. The molecule has 0 atom stereocenters. The van der Waals surface area contributed by atoms with Crippen LogP contribution in [0.25, 0.3) is 23.3 Å². The van der Waals surface area contributed by atoms with Crippen LogP contribution in [-0.2, 0) is 20.1 Å². The van der Waals surface area contributed by atoms with Gasteiger partial charge in [-0.3, -0.25) is 13.9 Å². The zero-order valence-electron chi connectivity index (χ0n) is 15.7. The second kappa shape index (κ2) is 7.56. The van der Waals surface area contributed by atoms with Crippen LogP contribution in [0.3, 0.4) is 0 Å². The molecule has 1 aromatic carbocycles. The Bertz CT molecular complexity index is 1150. The Labute approximate surface area is 164 Å². The summed E-state index contributed by atoms with van der Waals surface area (Å²) in [5.74, 6) is 1.35. The third-order valence-corrected chi connectivity index (χ3v) is 5.13. The van der Waals surface area contributed by atoms with Crippen molar-refractivity contribution in [1.29, 1.82) is 0 Å². The van der Waals surface area contributed by atoms with Gasteiger partial charge >= 0.3 is 5.69 Å². The molecule has 0 saturated heterocycles. The van der Waals surface area contributed by atoms with Crippen molar-refractivity contribution in [2.45, 2.75) is 26.9 Å². The van der Waals surface area contributed by atoms with Gasteiger partial charge in [0.05, 0.1) is 11.6 Å². The third kappa shape index (κ3) is 3.25. The molecule has 0 bridgehead atoms. The predicted molar refractivity (Wildman–Crippen MR) is 110 cm³/mol. The maximum absolute atomic E-state index is 12.7. The standard InChI is InChI=1S/C19H21BrN4O3/c1-5-23-17-16(18(25)24(6-2)19(23)26)22(3)15(21-17)10-8-12-7-9-14(27-4)13(20)11-12/h7-11H,5-6H2,1-4H3. The third-order valence-electron chi connectivity index (χ3n) is 4.51. The number of ether oxygens (including phenoxy) is 1. The van der Waals surface area contributed by atoms with Gasteiger partial charge in [0, 0.05) is 20.1 Å².